The molecule has 0 spiro atoms. The first-order valence-electron chi connectivity index (χ1n) is 10.4. The van der Waals surface area contributed by atoms with Crippen LogP contribution >= 0.6 is 7.75 Å². The van der Waals surface area contributed by atoms with Crippen molar-refractivity contribution >= 4 is 19.4 Å². The molecular weight excluding hydrogens is 435 g/mol. The number of hydrogen-bond acceptors (Lipinski definition) is 7. The number of hydrogen-bond donors (Lipinski definition) is 1. The number of aryl methyl sites for hydroxylation is 1. The molecule has 172 valence electrons. The zero-order chi connectivity index (χ0) is 23.5. The Bertz CT molecular complexity index is 1040. The quantitative estimate of drug-likeness (QED) is 0.219. The van der Waals surface area contributed by atoms with Gasteiger partial charge in [-0.1, -0.05) is 12.1 Å². The highest BCUT2D eigenvalue weighted by molar-refractivity contribution is 7.52. The van der Waals surface area contributed by atoms with Crippen LogP contribution in [0.1, 0.15) is 50.7 Å². The van der Waals surface area contributed by atoms with Gasteiger partial charge in [0.05, 0.1) is 11.0 Å². The molecule has 2 atom stereocenters. The highest BCUT2D eigenvalue weighted by atomic mass is 31.2. The van der Waals surface area contributed by atoms with Gasteiger partial charge in [-0.3, -0.25) is 14.9 Å². The third kappa shape index (κ3) is 6.31. The van der Waals surface area contributed by atoms with Gasteiger partial charge in [0, 0.05) is 12.1 Å². The van der Waals surface area contributed by atoms with Crippen LogP contribution in [0.5, 0.6) is 11.5 Å². The van der Waals surface area contributed by atoms with Crippen LogP contribution in [0.15, 0.2) is 42.5 Å². The molecule has 9 nitrogen and oxygen atoms in total. The summed E-state index contributed by atoms with van der Waals surface area (Å²) in [6, 6.07) is 9.73. The van der Waals surface area contributed by atoms with E-state index in [4.69, 9.17) is 13.8 Å². The smallest absolute Gasteiger partial charge is 0.462 e. The summed E-state index contributed by atoms with van der Waals surface area (Å²) in [5.41, 5.74) is 1.84. The maximum atomic E-state index is 13.7. The molecule has 0 bridgehead atoms. The number of rotatable bonds is 10. The molecule has 1 fully saturated rings. The van der Waals surface area contributed by atoms with Crippen LogP contribution < -0.4 is 14.1 Å². The van der Waals surface area contributed by atoms with Gasteiger partial charge in [0.25, 0.3) is 5.69 Å². The number of non-ortho nitro benzene ring substituents is 1. The summed E-state index contributed by atoms with van der Waals surface area (Å²) in [5, 5.41) is 13.5. The number of carbonyl (C=O) groups excluding carboxylic acids is 1. The van der Waals surface area contributed by atoms with Gasteiger partial charge in [0.2, 0.25) is 0 Å². The Labute approximate surface area is 186 Å². The minimum Gasteiger partial charge on any atom is -0.462 e. The minimum absolute atomic E-state index is 0.0862. The van der Waals surface area contributed by atoms with Crippen LogP contribution in [0.4, 0.5) is 5.69 Å². The fraction of sp³-hybridized carbons (Fsp3) is 0.409. The molecule has 2 aromatic carbocycles. The molecule has 1 aliphatic rings. The first-order valence-corrected chi connectivity index (χ1v) is 11.9. The number of nitro benzene ring substituents is 1. The predicted octanol–water partition coefficient (Wildman–Crippen LogP) is 5.28. The van der Waals surface area contributed by atoms with E-state index in [1.54, 1.807) is 19.9 Å². The van der Waals surface area contributed by atoms with E-state index in [1.165, 1.54) is 36.8 Å². The van der Waals surface area contributed by atoms with Crippen LogP contribution in [0.3, 0.4) is 0 Å². The molecule has 1 unspecified atom stereocenters. The Morgan fingerprint density at radius 1 is 1.12 bits per heavy atom. The van der Waals surface area contributed by atoms with Crippen molar-refractivity contribution in [2.75, 3.05) is 0 Å². The van der Waals surface area contributed by atoms with E-state index < -0.39 is 24.7 Å². The second kappa shape index (κ2) is 9.71. The maximum absolute atomic E-state index is 13.7. The van der Waals surface area contributed by atoms with Crippen LogP contribution in [-0.4, -0.2) is 23.0 Å². The highest BCUT2D eigenvalue weighted by Crippen LogP contribution is 2.47. The van der Waals surface area contributed by atoms with Gasteiger partial charge in [-0.25, -0.2) is 4.57 Å². The molecule has 0 aromatic heterocycles. The lowest BCUT2D eigenvalue weighted by Crippen LogP contribution is -2.36. The molecule has 0 aliphatic heterocycles. The average Bonchev–Trinajstić information content (AvgIpc) is 3.54. The average molecular weight is 462 g/mol. The van der Waals surface area contributed by atoms with Gasteiger partial charge in [-0.2, -0.15) is 5.09 Å². The van der Waals surface area contributed by atoms with E-state index in [0.29, 0.717) is 11.7 Å². The van der Waals surface area contributed by atoms with Crippen molar-refractivity contribution < 1.29 is 28.1 Å². The van der Waals surface area contributed by atoms with E-state index in [-0.39, 0.29) is 17.5 Å². The fourth-order valence-corrected chi connectivity index (χ4v) is 4.62. The monoisotopic (exact) mass is 462 g/mol. The summed E-state index contributed by atoms with van der Waals surface area (Å²) >= 11 is 0. The normalized spacial score (nSPS) is 16.2. The summed E-state index contributed by atoms with van der Waals surface area (Å²) in [5.74, 6) is 0.367. The van der Waals surface area contributed by atoms with Crippen LogP contribution in [0.2, 0.25) is 0 Å². The Balaban J connectivity index is 1.84. The second-order valence-corrected chi connectivity index (χ2v) is 9.68. The first kappa shape index (κ1) is 23.8. The maximum Gasteiger partial charge on any atom is 0.513 e. The number of nitro groups is 1. The number of nitrogens with one attached hydrogen (secondary N) is 1. The summed E-state index contributed by atoms with van der Waals surface area (Å²) < 4.78 is 30.2. The lowest BCUT2D eigenvalue weighted by molar-refractivity contribution is -0.384. The minimum atomic E-state index is -4.13. The number of nitrogens with zero attached hydrogens (tertiary/aromatic N) is 1. The molecular formula is C22H27N2O7P. The number of esters is 1. The molecule has 0 heterocycles. The summed E-state index contributed by atoms with van der Waals surface area (Å²) in [7, 11) is -4.13. The summed E-state index contributed by atoms with van der Waals surface area (Å²) in [4.78, 5) is 22.6. The van der Waals surface area contributed by atoms with E-state index >= 15 is 0 Å². The van der Waals surface area contributed by atoms with Crippen molar-refractivity contribution in [2.24, 2.45) is 0 Å². The fourth-order valence-electron chi connectivity index (χ4n) is 3.04. The molecule has 32 heavy (non-hydrogen) atoms. The van der Waals surface area contributed by atoms with Gasteiger partial charge >= 0.3 is 13.7 Å². The predicted molar refractivity (Wildman–Crippen MR) is 119 cm³/mol. The first-order chi connectivity index (χ1) is 15.1. The SMILES string of the molecule is Cc1cc(C2CC2)ccc1OP(=O)(N[C@@H](C)C(=O)OC(C)C)Oc1ccc([N+](=O)[O-])cc1. The molecule has 1 saturated carbocycles. The van der Waals surface area contributed by atoms with Gasteiger partial charge in [0.15, 0.2) is 0 Å². The zero-order valence-corrected chi connectivity index (χ0v) is 19.3. The van der Waals surface area contributed by atoms with Crippen molar-refractivity contribution in [2.45, 2.75) is 58.6 Å². The number of carbonyl (C=O) groups is 1. The third-order valence-electron chi connectivity index (χ3n) is 4.80. The van der Waals surface area contributed by atoms with E-state index in [9.17, 15) is 19.5 Å². The molecule has 3 rings (SSSR count). The molecule has 1 aliphatic carbocycles. The Morgan fingerprint density at radius 2 is 1.78 bits per heavy atom. The van der Waals surface area contributed by atoms with Crippen molar-refractivity contribution in [1.29, 1.82) is 0 Å². The lowest BCUT2D eigenvalue weighted by Gasteiger charge is -2.24. The van der Waals surface area contributed by atoms with E-state index in [0.717, 1.165) is 18.4 Å². The van der Waals surface area contributed by atoms with E-state index in [1.807, 2.05) is 19.1 Å². The molecule has 1 N–H and O–H groups in total. The second-order valence-electron chi connectivity index (χ2n) is 8.07. The Hall–Kier alpha value is -2.90. The highest BCUT2D eigenvalue weighted by Gasteiger charge is 2.35. The molecule has 0 radical (unpaired) electrons. The molecule has 2 aromatic rings. The third-order valence-corrected chi connectivity index (χ3v) is 6.39. The Kier molecular flexibility index (Phi) is 7.21. The van der Waals surface area contributed by atoms with Crippen molar-refractivity contribution in [3.63, 3.8) is 0 Å². The van der Waals surface area contributed by atoms with Crippen molar-refractivity contribution in [3.05, 3.63) is 63.7 Å². The topological polar surface area (TPSA) is 117 Å². The van der Waals surface area contributed by atoms with Crippen molar-refractivity contribution in [3.8, 4) is 11.5 Å². The number of ether oxygens (including phenoxy) is 1. The molecule has 10 heteroatoms. The standard InChI is InChI=1S/C22H27N2O7P/c1-14(2)29-22(25)16(4)23-32(28,30-20-10-8-19(9-11-20)24(26)27)31-21-12-7-18(13-15(21)3)17-5-6-17/h7-14,16-17H,5-6H2,1-4H3,(H,23,28)/t16-,32?/m0/s1. The van der Waals surface area contributed by atoms with E-state index in [2.05, 4.69) is 5.09 Å². The largest absolute Gasteiger partial charge is 0.513 e. The van der Waals surface area contributed by atoms with Gasteiger partial charge in [-0.05, 0) is 75.8 Å². The van der Waals surface area contributed by atoms with Crippen molar-refractivity contribution in [1.82, 2.24) is 5.09 Å². The molecule has 0 amide bonds. The molecule has 0 saturated heterocycles. The van der Waals surface area contributed by atoms with Crippen LogP contribution in [-0.2, 0) is 14.1 Å². The summed E-state index contributed by atoms with van der Waals surface area (Å²) in [6.45, 7) is 6.74. The van der Waals surface area contributed by atoms with Gasteiger partial charge in [0.1, 0.15) is 17.5 Å². The van der Waals surface area contributed by atoms with Crippen LogP contribution in [0, 0.1) is 17.0 Å². The number of benzene rings is 2. The Morgan fingerprint density at radius 3 is 2.31 bits per heavy atom. The van der Waals surface area contributed by atoms with Gasteiger partial charge in [-0.15, -0.1) is 0 Å². The van der Waals surface area contributed by atoms with Crippen LogP contribution in [0.25, 0.3) is 0 Å². The zero-order valence-electron chi connectivity index (χ0n) is 18.4. The summed E-state index contributed by atoms with van der Waals surface area (Å²) in [6.07, 6.45) is 1.96. The van der Waals surface area contributed by atoms with Gasteiger partial charge < -0.3 is 13.8 Å². The lowest BCUT2D eigenvalue weighted by atomic mass is 10.1.